The van der Waals surface area contributed by atoms with E-state index in [9.17, 15) is 4.79 Å². The highest BCUT2D eigenvalue weighted by atomic mass is 16.3. The van der Waals surface area contributed by atoms with Crippen molar-refractivity contribution in [3.05, 3.63) is 24.2 Å². The SMILES string of the molecule is CCCC(C)NC(=O)C(C)NC(C)c1ccco1. The van der Waals surface area contributed by atoms with E-state index in [4.69, 9.17) is 4.42 Å². The molecule has 3 unspecified atom stereocenters. The largest absolute Gasteiger partial charge is 0.468 e. The van der Waals surface area contributed by atoms with Crippen molar-refractivity contribution in [2.75, 3.05) is 0 Å². The maximum Gasteiger partial charge on any atom is 0.237 e. The summed E-state index contributed by atoms with van der Waals surface area (Å²) in [6.07, 6.45) is 3.72. The first-order valence-electron chi connectivity index (χ1n) is 6.64. The number of carbonyl (C=O) groups is 1. The van der Waals surface area contributed by atoms with Crippen LogP contribution in [0, 0.1) is 0 Å². The first-order valence-corrected chi connectivity index (χ1v) is 6.64. The van der Waals surface area contributed by atoms with E-state index < -0.39 is 0 Å². The van der Waals surface area contributed by atoms with E-state index in [1.165, 1.54) is 0 Å². The third-order valence-corrected chi connectivity index (χ3v) is 2.97. The fraction of sp³-hybridized carbons (Fsp3) is 0.643. The highest BCUT2D eigenvalue weighted by molar-refractivity contribution is 5.81. The van der Waals surface area contributed by atoms with Crippen LogP contribution in [0.2, 0.25) is 0 Å². The Morgan fingerprint density at radius 2 is 2.11 bits per heavy atom. The standard InChI is InChI=1S/C14H24N2O2/c1-5-7-10(2)15-14(17)12(4)16-11(3)13-8-6-9-18-13/h6,8-12,16H,5,7H2,1-4H3,(H,15,17). The van der Waals surface area contributed by atoms with Crippen LogP contribution in [0.1, 0.15) is 52.3 Å². The predicted octanol–water partition coefficient (Wildman–Crippen LogP) is 2.62. The summed E-state index contributed by atoms with van der Waals surface area (Å²) >= 11 is 0. The molecule has 4 nitrogen and oxygen atoms in total. The third kappa shape index (κ3) is 4.53. The molecule has 0 aliphatic heterocycles. The molecule has 0 radical (unpaired) electrons. The average molecular weight is 252 g/mol. The van der Waals surface area contributed by atoms with Crippen LogP contribution in [0.15, 0.2) is 22.8 Å². The Bertz CT molecular complexity index is 349. The van der Waals surface area contributed by atoms with Gasteiger partial charge < -0.3 is 9.73 Å². The second-order valence-corrected chi connectivity index (χ2v) is 4.82. The van der Waals surface area contributed by atoms with Crippen LogP contribution in [0.25, 0.3) is 0 Å². The molecule has 1 heterocycles. The summed E-state index contributed by atoms with van der Waals surface area (Å²) in [5, 5.41) is 6.22. The molecule has 0 saturated carbocycles. The number of hydrogen-bond acceptors (Lipinski definition) is 3. The van der Waals surface area contributed by atoms with Crippen LogP contribution in [-0.2, 0) is 4.79 Å². The van der Waals surface area contributed by atoms with Crippen molar-refractivity contribution < 1.29 is 9.21 Å². The Labute approximate surface area is 109 Å². The quantitative estimate of drug-likeness (QED) is 0.784. The molecule has 2 N–H and O–H groups in total. The van der Waals surface area contributed by atoms with Gasteiger partial charge in [0.2, 0.25) is 5.91 Å². The van der Waals surface area contributed by atoms with Gasteiger partial charge in [-0.1, -0.05) is 13.3 Å². The van der Waals surface area contributed by atoms with Crippen molar-refractivity contribution >= 4 is 5.91 Å². The minimum atomic E-state index is -0.232. The van der Waals surface area contributed by atoms with Crippen LogP contribution in [0.4, 0.5) is 0 Å². The molecule has 4 heteroatoms. The highest BCUT2D eigenvalue weighted by Crippen LogP contribution is 2.12. The summed E-state index contributed by atoms with van der Waals surface area (Å²) < 4.78 is 5.30. The lowest BCUT2D eigenvalue weighted by molar-refractivity contribution is -0.123. The first-order chi connectivity index (χ1) is 8.54. The van der Waals surface area contributed by atoms with Gasteiger partial charge in [-0.3, -0.25) is 10.1 Å². The van der Waals surface area contributed by atoms with E-state index in [0.717, 1.165) is 18.6 Å². The molecular weight excluding hydrogens is 228 g/mol. The molecule has 102 valence electrons. The van der Waals surface area contributed by atoms with E-state index in [0.29, 0.717) is 0 Å². The van der Waals surface area contributed by atoms with E-state index in [2.05, 4.69) is 17.6 Å². The zero-order chi connectivity index (χ0) is 13.5. The lowest BCUT2D eigenvalue weighted by atomic mass is 10.1. The maximum atomic E-state index is 11.9. The second kappa shape index (κ2) is 7.21. The van der Waals surface area contributed by atoms with E-state index in [1.807, 2.05) is 32.9 Å². The van der Waals surface area contributed by atoms with Gasteiger partial charge in [0.15, 0.2) is 0 Å². The zero-order valence-electron chi connectivity index (χ0n) is 11.7. The lowest BCUT2D eigenvalue weighted by Crippen LogP contribution is -2.46. The Hall–Kier alpha value is -1.29. The molecule has 18 heavy (non-hydrogen) atoms. The fourth-order valence-corrected chi connectivity index (χ4v) is 1.94. The van der Waals surface area contributed by atoms with Gasteiger partial charge in [-0.25, -0.2) is 0 Å². The molecule has 0 bridgehead atoms. The summed E-state index contributed by atoms with van der Waals surface area (Å²) in [4.78, 5) is 11.9. The number of hydrogen-bond donors (Lipinski definition) is 2. The van der Waals surface area contributed by atoms with Gasteiger partial charge in [0, 0.05) is 6.04 Å². The van der Waals surface area contributed by atoms with Gasteiger partial charge >= 0.3 is 0 Å². The smallest absolute Gasteiger partial charge is 0.237 e. The highest BCUT2D eigenvalue weighted by Gasteiger charge is 2.18. The summed E-state index contributed by atoms with van der Waals surface area (Å²) in [6.45, 7) is 8.00. The fourth-order valence-electron chi connectivity index (χ4n) is 1.94. The molecule has 1 aromatic heterocycles. The molecule has 0 saturated heterocycles. The molecule has 3 atom stereocenters. The van der Waals surface area contributed by atoms with Crippen LogP contribution in [0.5, 0.6) is 0 Å². The normalized spacial score (nSPS) is 16.0. The lowest BCUT2D eigenvalue weighted by Gasteiger charge is -2.20. The number of rotatable bonds is 7. The molecule has 1 amide bonds. The molecule has 0 aromatic carbocycles. The van der Waals surface area contributed by atoms with Gasteiger partial charge in [0.25, 0.3) is 0 Å². The van der Waals surface area contributed by atoms with E-state index in [-0.39, 0.29) is 24.0 Å². The van der Waals surface area contributed by atoms with Crippen LogP contribution >= 0.6 is 0 Å². The molecule has 0 fully saturated rings. The first kappa shape index (κ1) is 14.8. The van der Waals surface area contributed by atoms with Crippen molar-refractivity contribution in [3.63, 3.8) is 0 Å². The number of amides is 1. The van der Waals surface area contributed by atoms with Crippen LogP contribution in [0.3, 0.4) is 0 Å². The topological polar surface area (TPSA) is 54.3 Å². The van der Waals surface area contributed by atoms with E-state index in [1.54, 1.807) is 6.26 Å². The zero-order valence-corrected chi connectivity index (χ0v) is 11.7. The summed E-state index contributed by atoms with van der Waals surface area (Å²) in [5.74, 6) is 0.880. The third-order valence-electron chi connectivity index (χ3n) is 2.97. The van der Waals surface area contributed by atoms with Crippen molar-refractivity contribution in [2.45, 2.75) is 58.7 Å². The van der Waals surface area contributed by atoms with Gasteiger partial charge in [-0.2, -0.15) is 0 Å². The van der Waals surface area contributed by atoms with E-state index >= 15 is 0 Å². The minimum Gasteiger partial charge on any atom is -0.468 e. The number of furan rings is 1. The summed E-state index contributed by atoms with van der Waals surface area (Å²) in [6, 6.07) is 3.78. The van der Waals surface area contributed by atoms with Gasteiger partial charge in [0.05, 0.1) is 18.3 Å². The second-order valence-electron chi connectivity index (χ2n) is 4.82. The molecule has 0 aliphatic rings. The Morgan fingerprint density at radius 3 is 2.67 bits per heavy atom. The van der Waals surface area contributed by atoms with Gasteiger partial charge in [-0.15, -0.1) is 0 Å². The van der Waals surface area contributed by atoms with Crippen molar-refractivity contribution in [1.29, 1.82) is 0 Å². The molecule has 1 aromatic rings. The molecule has 0 spiro atoms. The maximum absolute atomic E-state index is 11.9. The number of nitrogens with one attached hydrogen (secondary N) is 2. The average Bonchev–Trinajstić information content (AvgIpc) is 2.82. The summed E-state index contributed by atoms with van der Waals surface area (Å²) in [7, 11) is 0. The minimum absolute atomic E-state index is 0.0298. The number of carbonyl (C=O) groups excluding carboxylic acids is 1. The van der Waals surface area contributed by atoms with Crippen molar-refractivity contribution in [3.8, 4) is 0 Å². The molecular formula is C14H24N2O2. The summed E-state index contributed by atoms with van der Waals surface area (Å²) in [5.41, 5.74) is 0. The van der Waals surface area contributed by atoms with Gasteiger partial charge in [0.1, 0.15) is 5.76 Å². The van der Waals surface area contributed by atoms with Crippen LogP contribution < -0.4 is 10.6 Å². The molecule has 1 rings (SSSR count). The Balaban J connectivity index is 2.40. The Kier molecular flexibility index (Phi) is 5.92. The van der Waals surface area contributed by atoms with Crippen LogP contribution in [-0.4, -0.2) is 18.0 Å². The Morgan fingerprint density at radius 1 is 1.39 bits per heavy atom. The van der Waals surface area contributed by atoms with Crippen molar-refractivity contribution in [1.82, 2.24) is 10.6 Å². The molecule has 0 aliphatic carbocycles. The monoisotopic (exact) mass is 252 g/mol. The van der Waals surface area contributed by atoms with Crippen molar-refractivity contribution in [2.24, 2.45) is 0 Å². The van der Waals surface area contributed by atoms with Gasteiger partial charge in [-0.05, 0) is 39.3 Å². The predicted molar refractivity (Wildman–Crippen MR) is 72.2 cm³/mol.